The van der Waals surface area contributed by atoms with Crippen LogP contribution in [0, 0.1) is 11.3 Å². The van der Waals surface area contributed by atoms with Crippen molar-refractivity contribution in [2.45, 2.75) is 18.6 Å². The SMILES string of the molecule is CCC(C#N)S(=O)(=O)N(C)c1ccc(OC)cc1. The van der Waals surface area contributed by atoms with E-state index in [9.17, 15) is 8.42 Å². The molecule has 0 saturated carbocycles. The van der Waals surface area contributed by atoms with E-state index in [0.29, 0.717) is 11.4 Å². The van der Waals surface area contributed by atoms with Gasteiger partial charge in [-0.15, -0.1) is 0 Å². The summed E-state index contributed by atoms with van der Waals surface area (Å²) in [6.07, 6.45) is 0.263. The van der Waals surface area contributed by atoms with Gasteiger partial charge in [0, 0.05) is 7.05 Å². The molecule has 1 atom stereocenters. The molecule has 0 bridgehead atoms. The van der Waals surface area contributed by atoms with Crippen molar-refractivity contribution in [3.8, 4) is 11.8 Å². The lowest BCUT2D eigenvalue weighted by Gasteiger charge is -2.21. The first-order chi connectivity index (χ1) is 8.47. The topological polar surface area (TPSA) is 70.4 Å². The summed E-state index contributed by atoms with van der Waals surface area (Å²) < 4.78 is 30.4. The van der Waals surface area contributed by atoms with E-state index in [2.05, 4.69) is 0 Å². The fourth-order valence-corrected chi connectivity index (χ4v) is 2.85. The van der Waals surface area contributed by atoms with E-state index in [1.165, 1.54) is 14.2 Å². The van der Waals surface area contributed by atoms with Crippen LogP contribution in [-0.2, 0) is 10.0 Å². The Morgan fingerprint density at radius 2 is 1.94 bits per heavy atom. The average molecular weight is 268 g/mol. The van der Waals surface area contributed by atoms with Crippen molar-refractivity contribution in [1.82, 2.24) is 0 Å². The maximum Gasteiger partial charge on any atom is 0.251 e. The Morgan fingerprint density at radius 1 is 1.39 bits per heavy atom. The summed E-state index contributed by atoms with van der Waals surface area (Å²) >= 11 is 0. The molecule has 0 amide bonds. The van der Waals surface area contributed by atoms with Gasteiger partial charge in [-0.25, -0.2) is 8.42 Å². The Bertz CT molecular complexity index is 531. The minimum absolute atomic E-state index is 0.263. The number of ether oxygens (including phenoxy) is 1. The van der Waals surface area contributed by atoms with Gasteiger partial charge < -0.3 is 4.74 Å². The number of rotatable bonds is 5. The Balaban J connectivity index is 3.06. The number of nitrogens with zero attached hydrogens (tertiary/aromatic N) is 2. The predicted molar refractivity (Wildman–Crippen MR) is 70.0 cm³/mol. The van der Waals surface area contributed by atoms with Gasteiger partial charge in [0.2, 0.25) is 0 Å². The van der Waals surface area contributed by atoms with Crippen molar-refractivity contribution < 1.29 is 13.2 Å². The largest absolute Gasteiger partial charge is 0.497 e. The van der Waals surface area contributed by atoms with Crippen molar-refractivity contribution in [3.05, 3.63) is 24.3 Å². The number of hydrogen-bond donors (Lipinski definition) is 0. The number of benzene rings is 1. The number of sulfonamides is 1. The Hall–Kier alpha value is -1.74. The molecule has 0 aromatic heterocycles. The minimum Gasteiger partial charge on any atom is -0.497 e. The summed E-state index contributed by atoms with van der Waals surface area (Å²) in [5.41, 5.74) is 0.504. The molecule has 1 rings (SSSR count). The molecular formula is C12H16N2O3S. The van der Waals surface area contributed by atoms with Crippen LogP contribution in [0.15, 0.2) is 24.3 Å². The molecule has 0 fully saturated rings. The fourth-order valence-electron chi connectivity index (χ4n) is 1.50. The zero-order chi connectivity index (χ0) is 13.8. The molecular weight excluding hydrogens is 252 g/mol. The van der Waals surface area contributed by atoms with Crippen LogP contribution >= 0.6 is 0 Å². The third-order valence-electron chi connectivity index (χ3n) is 2.69. The maximum absolute atomic E-state index is 12.1. The first kappa shape index (κ1) is 14.3. The molecule has 0 heterocycles. The lowest BCUT2D eigenvalue weighted by atomic mass is 10.3. The highest BCUT2D eigenvalue weighted by atomic mass is 32.2. The third kappa shape index (κ3) is 2.74. The molecule has 1 unspecified atom stereocenters. The average Bonchev–Trinajstić information content (AvgIpc) is 2.39. The van der Waals surface area contributed by atoms with Crippen LogP contribution in [-0.4, -0.2) is 27.8 Å². The van der Waals surface area contributed by atoms with Crippen LogP contribution in [0.3, 0.4) is 0 Å². The van der Waals surface area contributed by atoms with E-state index < -0.39 is 15.3 Å². The Kier molecular flexibility index (Phi) is 4.56. The van der Waals surface area contributed by atoms with E-state index in [1.807, 2.05) is 6.07 Å². The predicted octanol–water partition coefficient (Wildman–Crippen LogP) is 1.76. The second-order valence-electron chi connectivity index (χ2n) is 3.74. The fraction of sp³-hybridized carbons (Fsp3) is 0.417. The zero-order valence-corrected chi connectivity index (χ0v) is 11.4. The molecule has 0 aliphatic heterocycles. The van der Waals surface area contributed by atoms with E-state index in [0.717, 1.165) is 4.31 Å². The molecule has 0 N–H and O–H groups in total. The van der Waals surface area contributed by atoms with Gasteiger partial charge in [0.1, 0.15) is 5.75 Å². The molecule has 6 heteroatoms. The van der Waals surface area contributed by atoms with E-state index in [-0.39, 0.29) is 6.42 Å². The summed E-state index contributed by atoms with van der Waals surface area (Å²) in [6, 6.07) is 8.44. The number of nitriles is 1. The molecule has 0 aliphatic rings. The molecule has 1 aromatic rings. The summed E-state index contributed by atoms with van der Waals surface area (Å²) in [7, 11) is -0.661. The first-order valence-corrected chi connectivity index (χ1v) is 6.99. The third-order valence-corrected chi connectivity index (χ3v) is 4.82. The second-order valence-corrected chi connectivity index (χ2v) is 5.88. The van der Waals surface area contributed by atoms with Gasteiger partial charge in [-0.1, -0.05) is 6.92 Å². The Morgan fingerprint density at radius 3 is 2.33 bits per heavy atom. The molecule has 18 heavy (non-hydrogen) atoms. The number of hydrogen-bond acceptors (Lipinski definition) is 4. The van der Waals surface area contributed by atoms with Crippen molar-refractivity contribution in [2.75, 3.05) is 18.5 Å². The lowest BCUT2D eigenvalue weighted by molar-refractivity contribution is 0.415. The van der Waals surface area contributed by atoms with Gasteiger partial charge in [-0.05, 0) is 30.7 Å². The number of anilines is 1. The summed E-state index contributed by atoms with van der Waals surface area (Å²) in [5, 5.41) is 7.84. The first-order valence-electron chi connectivity index (χ1n) is 5.48. The molecule has 0 saturated heterocycles. The molecule has 0 aliphatic carbocycles. The van der Waals surface area contributed by atoms with Gasteiger partial charge in [-0.3, -0.25) is 4.31 Å². The standard InChI is InChI=1S/C12H16N2O3S/c1-4-12(9-13)18(15,16)14(2)10-5-7-11(17-3)8-6-10/h5-8,12H,4H2,1-3H3. The smallest absolute Gasteiger partial charge is 0.251 e. The molecule has 5 nitrogen and oxygen atoms in total. The summed E-state index contributed by atoms with van der Waals surface area (Å²) in [4.78, 5) is 0. The van der Waals surface area contributed by atoms with E-state index in [4.69, 9.17) is 10.00 Å². The van der Waals surface area contributed by atoms with Gasteiger partial charge in [-0.2, -0.15) is 5.26 Å². The highest BCUT2D eigenvalue weighted by molar-refractivity contribution is 7.93. The highest BCUT2D eigenvalue weighted by Crippen LogP contribution is 2.22. The van der Waals surface area contributed by atoms with Crippen molar-refractivity contribution in [1.29, 1.82) is 5.26 Å². The van der Waals surface area contributed by atoms with Crippen LogP contribution in [0.1, 0.15) is 13.3 Å². The van der Waals surface area contributed by atoms with Gasteiger partial charge in [0.15, 0.2) is 5.25 Å². The zero-order valence-electron chi connectivity index (χ0n) is 10.6. The summed E-state index contributed by atoms with van der Waals surface area (Å²) in [6.45, 7) is 1.67. The van der Waals surface area contributed by atoms with Crippen LogP contribution in [0.5, 0.6) is 5.75 Å². The highest BCUT2D eigenvalue weighted by Gasteiger charge is 2.28. The quantitative estimate of drug-likeness (QED) is 0.816. The van der Waals surface area contributed by atoms with E-state index >= 15 is 0 Å². The van der Waals surface area contributed by atoms with Crippen LogP contribution < -0.4 is 9.04 Å². The van der Waals surface area contributed by atoms with Crippen LogP contribution in [0.2, 0.25) is 0 Å². The Labute approximate surface area is 108 Å². The minimum atomic E-state index is -3.64. The van der Waals surface area contributed by atoms with Crippen LogP contribution in [0.25, 0.3) is 0 Å². The van der Waals surface area contributed by atoms with E-state index in [1.54, 1.807) is 31.2 Å². The second kappa shape index (κ2) is 5.74. The maximum atomic E-state index is 12.1. The van der Waals surface area contributed by atoms with Crippen LogP contribution in [0.4, 0.5) is 5.69 Å². The lowest BCUT2D eigenvalue weighted by Crippen LogP contribution is -2.35. The van der Waals surface area contributed by atoms with Gasteiger partial charge >= 0.3 is 0 Å². The molecule has 0 spiro atoms. The van der Waals surface area contributed by atoms with Crippen molar-refractivity contribution >= 4 is 15.7 Å². The molecule has 0 radical (unpaired) electrons. The normalized spacial score (nSPS) is 12.6. The molecule has 1 aromatic carbocycles. The number of methoxy groups -OCH3 is 1. The van der Waals surface area contributed by atoms with Gasteiger partial charge in [0.05, 0.1) is 18.9 Å². The summed E-state index contributed by atoms with van der Waals surface area (Å²) in [5.74, 6) is 0.650. The van der Waals surface area contributed by atoms with Crippen molar-refractivity contribution in [3.63, 3.8) is 0 Å². The van der Waals surface area contributed by atoms with Crippen molar-refractivity contribution in [2.24, 2.45) is 0 Å². The monoisotopic (exact) mass is 268 g/mol. The van der Waals surface area contributed by atoms with Gasteiger partial charge in [0.25, 0.3) is 10.0 Å². The molecule has 98 valence electrons.